The second-order valence-corrected chi connectivity index (χ2v) is 8.27. The van der Waals surface area contributed by atoms with Gasteiger partial charge in [0.25, 0.3) is 5.91 Å². The number of carbonyl (C=O) groups is 1. The van der Waals surface area contributed by atoms with Crippen LogP contribution in [0.2, 0.25) is 0 Å². The van der Waals surface area contributed by atoms with Crippen LogP contribution in [-0.4, -0.2) is 34.4 Å². The molecule has 1 amide bonds. The standard InChI is InChI=1S/C26H26N4O2/c1-17-23-14-22(32-2)5-6-24(23)29-25(17)16-30-12-9-18-3-4-21(13-20(18)15-30)28-26(31)19-7-10-27-11-8-19/h3-8,10-11,13-14,29H,9,12,15-16H2,1-2H3,(H,28,31). The molecular formula is C26H26N4O2. The highest BCUT2D eigenvalue weighted by Crippen LogP contribution is 2.29. The van der Waals surface area contributed by atoms with Gasteiger partial charge in [-0.15, -0.1) is 0 Å². The zero-order chi connectivity index (χ0) is 22.1. The van der Waals surface area contributed by atoms with Crippen LogP contribution in [0.15, 0.2) is 60.9 Å². The molecule has 0 spiro atoms. The lowest BCUT2D eigenvalue weighted by Crippen LogP contribution is -2.30. The van der Waals surface area contributed by atoms with Crippen molar-refractivity contribution >= 4 is 22.5 Å². The molecule has 32 heavy (non-hydrogen) atoms. The fraction of sp³-hybridized carbons (Fsp3) is 0.231. The molecule has 2 aromatic heterocycles. The number of rotatable bonds is 5. The van der Waals surface area contributed by atoms with Gasteiger partial charge in [-0.1, -0.05) is 6.07 Å². The number of hydrogen-bond donors (Lipinski definition) is 2. The van der Waals surface area contributed by atoms with Gasteiger partial charge in [-0.05, 0) is 72.5 Å². The van der Waals surface area contributed by atoms with Gasteiger partial charge in [-0.2, -0.15) is 0 Å². The summed E-state index contributed by atoms with van der Waals surface area (Å²) in [5, 5.41) is 4.21. The number of anilines is 1. The average molecular weight is 427 g/mol. The number of ether oxygens (including phenoxy) is 1. The minimum atomic E-state index is -0.121. The maximum Gasteiger partial charge on any atom is 0.255 e. The van der Waals surface area contributed by atoms with Crippen LogP contribution in [0.5, 0.6) is 5.75 Å². The molecule has 0 unspecified atom stereocenters. The third-order valence-corrected chi connectivity index (χ3v) is 6.25. The maximum absolute atomic E-state index is 12.5. The summed E-state index contributed by atoms with van der Waals surface area (Å²) in [4.78, 5) is 22.5. The van der Waals surface area contributed by atoms with Gasteiger partial charge in [0.05, 0.1) is 7.11 Å². The van der Waals surface area contributed by atoms with Crippen molar-refractivity contribution in [1.29, 1.82) is 0 Å². The molecular weight excluding hydrogens is 400 g/mol. The summed E-state index contributed by atoms with van der Waals surface area (Å²) in [6, 6.07) is 15.8. The smallest absolute Gasteiger partial charge is 0.255 e. The van der Waals surface area contributed by atoms with Gasteiger partial charge in [0.15, 0.2) is 0 Å². The Kier molecular flexibility index (Phi) is 5.37. The van der Waals surface area contributed by atoms with E-state index in [1.807, 2.05) is 12.1 Å². The van der Waals surface area contributed by atoms with Crippen LogP contribution in [0.3, 0.4) is 0 Å². The third kappa shape index (κ3) is 3.97. The minimum Gasteiger partial charge on any atom is -0.497 e. The average Bonchev–Trinajstić information content (AvgIpc) is 3.13. The molecule has 0 fully saturated rings. The first kappa shape index (κ1) is 20.3. The highest BCUT2D eigenvalue weighted by Gasteiger charge is 2.19. The molecule has 2 aromatic carbocycles. The number of hydrogen-bond acceptors (Lipinski definition) is 4. The zero-order valence-electron chi connectivity index (χ0n) is 18.3. The molecule has 0 radical (unpaired) electrons. The van der Waals surface area contributed by atoms with Crippen molar-refractivity contribution in [3.8, 4) is 5.75 Å². The molecule has 6 heteroatoms. The minimum absolute atomic E-state index is 0.121. The monoisotopic (exact) mass is 426 g/mol. The first-order valence-electron chi connectivity index (χ1n) is 10.8. The number of fused-ring (bicyclic) bond motifs is 2. The molecule has 1 aliphatic heterocycles. The van der Waals surface area contributed by atoms with Gasteiger partial charge >= 0.3 is 0 Å². The van der Waals surface area contributed by atoms with Gasteiger partial charge in [0, 0.05) is 59.9 Å². The van der Waals surface area contributed by atoms with Crippen LogP contribution in [0.4, 0.5) is 5.69 Å². The lowest BCUT2D eigenvalue weighted by atomic mass is 9.98. The van der Waals surface area contributed by atoms with E-state index < -0.39 is 0 Å². The van der Waals surface area contributed by atoms with Crippen LogP contribution in [-0.2, 0) is 19.5 Å². The van der Waals surface area contributed by atoms with Crippen molar-refractivity contribution < 1.29 is 9.53 Å². The molecule has 0 saturated heterocycles. The Morgan fingerprint density at radius 1 is 1.12 bits per heavy atom. The number of aromatic amines is 1. The van der Waals surface area contributed by atoms with Crippen LogP contribution in [0, 0.1) is 6.92 Å². The van der Waals surface area contributed by atoms with Crippen molar-refractivity contribution in [3.63, 3.8) is 0 Å². The van der Waals surface area contributed by atoms with Crippen molar-refractivity contribution in [3.05, 3.63) is 88.9 Å². The van der Waals surface area contributed by atoms with Crippen molar-refractivity contribution in [2.24, 2.45) is 0 Å². The topological polar surface area (TPSA) is 70.2 Å². The predicted octanol–water partition coefficient (Wildman–Crippen LogP) is 4.69. The lowest BCUT2D eigenvalue weighted by molar-refractivity contribution is 0.102. The van der Waals surface area contributed by atoms with E-state index in [1.165, 1.54) is 27.8 Å². The first-order chi connectivity index (χ1) is 15.6. The van der Waals surface area contributed by atoms with Gasteiger partial charge in [-0.25, -0.2) is 0 Å². The maximum atomic E-state index is 12.5. The number of aromatic nitrogens is 2. The van der Waals surface area contributed by atoms with Crippen molar-refractivity contribution in [1.82, 2.24) is 14.9 Å². The van der Waals surface area contributed by atoms with E-state index in [-0.39, 0.29) is 5.91 Å². The van der Waals surface area contributed by atoms with E-state index in [1.54, 1.807) is 31.6 Å². The number of aryl methyl sites for hydroxylation is 1. The van der Waals surface area contributed by atoms with Crippen molar-refractivity contribution in [2.75, 3.05) is 19.0 Å². The lowest BCUT2D eigenvalue weighted by Gasteiger charge is -2.29. The molecule has 162 valence electrons. The van der Waals surface area contributed by atoms with Crippen LogP contribution < -0.4 is 10.1 Å². The Balaban J connectivity index is 1.32. The van der Waals surface area contributed by atoms with Crippen molar-refractivity contribution in [2.45, 2.75) is 26.4 Å². The van der Waals surface area contributed by atoms with Crippen LogP contribution >= 0.6 is 0 Å². The van der Waals surface area contributed by atoms with E-state index in [0.717, 1.165) is 43.0 Å². The fourth-order valence-corrected chi connectivity index (χ4v) is 4.40. The molecule has 2 N–H and O–H groups in total. The zero-order valence-corrected chi connectivity index (χ0v) is 18.3. The van der Waals surface area contributed by atoms with E-state index in [9.17, 15) is 4.79 Å². The summed E-state index contributed by atoms with van der Waals surface area (Å²) in [6.45, 7) is 4.88. The summed E-state index contributed by atoms with van der Waals surface area (Å²) < 4.78 is 5.39. The summed E-state index contributed by atoms with van der Waals surface area (Å²) in [6.07, 6.45) is 4.25. The first-order valence-corrected chi connectivity index (χ1v) is 10.8. The Labute approximate surface area is 187 Å². The Bertz CT molecular complexity index is 1280. The number of amides is 1. The predicted molar refractivity (Wildman–Crippen MR) is 126 cm³/mol. The number of H-pyrrole nitrogens is 1. The van der Waals surface area contributed by atoms with Gasteiger partial charge in [0.2, 0.25) is 0 Å². The van der Waals surface area contributed by atoms with E-state index in [4.69, 9.17) is 4.74 Å². The Morgan fingerprint density at radius 2 is 1.97 bits per heavy atom. The fourth-order valence-electron chi connectivity index (χ4n) is 4.40. The summed E-state index contributed by atoms with van der Waals surface area (Å²) in [7, 11) is 1.70. The third-order valence-electron chi connectivity index (χ3n) is 6.25. The molecule has 0 saturated carbocycles. The van der Waals surface area contributed by atoms with Crippen LogP contribution in [0.1, 0.15) is 32.7 Å². The second kappa shape index (κ2) is 8.48. The Morgan fingerprint density at radius 3 is 2.78 bits per heavy atom. The van der Waals surface area contributed by atoms with Gasteiger partial charge < -0.3 is 15.0 Å². The molecule has 5 rings (SSSR count). The second-order valence-electron chi connectivity index (χ2n) is 8.27. The molecule has 0 bridgehead atoms. The molecule has 0 aliphatic carbocycles. The van der Waals surface area contributed by atoms with E-state index in [0.29, 0.717) is 5.56 Å². The van der Waals surface area contributed by atoms with E-state index in [2.05, 4.69) is 51.4 Å². The number of methoxy groups -OCH3 is 1. The van der Waals surface area contributed by atoms with E-state index >= 15 is 0 Å². The number of nitrogens with zero attached hydrogens (tertiary/aromatic N) is 2. The molecule has 1 aliphatic rings. The van der Waals surface area contributed by atoms with Crippen LogP contribution in [0.25, 0.3) is 10.9 Å². The number of benzene rings is 2. The number of pyridine rings is 1. The molecule has 4 aromatic rings. The summed E-state index contributed by atoms with van der Waals surface area (Å²) >= 11 is 0. The number of carbonyl (C=O) groups excluding carboxylic acids is 1. The summed E-state index contributed by atoms with van der Waals surface area (Å²) in [5.41, 5.74) is 7.67. The van der Waals surface area contributed by atoms with Gasteiger partial charge in [-0.3, -0.25) is 14.7 Å². The Hall–Kier alpha value is -3.64. The highest BCUT2D eigenvalue weighted by atomic mass is 16.5. The summed E-state index contributed by atoms with van der Waals surface area (Å²) in [5.74, 6) is 0.753. The SMILES string of the molecule is COc1ccc2[nH]c(CN3CCc4ccc(NC(=O)c5ccncc5)cc4C3)c(C)c2c1. The normalized spacial score (nSPS) is 13.7. The molecule has 0 atom stereocenters. The number of nitrogens with one attached hydrogen (secondary N) is 2. The van der Waals surface area contributed by atoms with Gasteiger partial charge in [0.1, 0.15) is 5.75 Å². The molecule has 3 heterocycles. The quantitative estimate of drug-likeness (QED) is 0.486. The highest BCUT2D eigenvalue weighted by molar-refractivity contribution is 6.04. The largest absolute Gasteiger partial charge is 0.497 e. The molecule has 6 nitrogen and oxygen atoms in total.